The maximum atomic E-state index is 12.4. The number of nitrogens with zero attached hydrogens (tertiary/aromatic N) is 2. The minimum atomic E-state index is -4.47. The first kappa shape index (κ1) is 14.5. The van der Waals surface area contributed by atoms with Gasteiger partial charge in [0.1, 0.15) is 11.5 Å². The van der Waals surface area contributed by atoms with E-state index in [1.54, 1.807) is 0 Å². The van der Waals surface area contributed by atoms with E-state index in [4.69, 9.17) is 0 Å². The van der Waals surface area contributed by atoms with Crippen molar-refractivity contribution in [1.82, 2.24) is 4.98 Å². The number of hydrogen-bond acceptors (Lipinski definition) is 2. The first-order chi connectivity index (χ1) is 8.48. The highest BCUT2D eigenvalue weighted by molar-refractivity contribution is 5.94. The highest BCUT2D eigenvalue weighted by Crippen LogP contribution is 2.29. The minimum absolute atomic E-state index is 0.0809. The molecule has 2 heterocycles. The summed E-state index contributed by atoms with van der Waals surface area (Å²) in [5.41, 5.74) is -0.968. The molecule has 1 amide bonds. The summed E-state index contributed by atoms with van der Waals surface area (Å²) in [4.78, 5) is 16.1. The van der Waals surface area contributed by atoms with Crippen LogP contribution in [0.5, 0.6) is 0 Å². The number of hydrogen-bond donors (Lipinski definition) is 0. The molecule has 1 aromatic heterocycles. The zero-order chi connectivity index (χ0) is 13.8. The van der Waals surface area contributed by atoms with E-state index in [0.717, 1.165) is 6.07 Å². The molecule has 3 nitrogen and oxygen atoms in total. The van der Waals surface area contributed by atoms with Gasteiger partial charge in [-0.2, -0.15) is 13.2 Å². The number of amides is 1. The maximum absolute atomic E-state index is 12.4. The van der Waals surface area contributed by atoms with Crippen molar-refractivity contribution in [3.63, 3.8) is 0 Å². The zero-order valence-electron chi connectivity index (χ0n) is 10.3. The van der Waals surface area contributed by atoms with Crippen LogP contribution >= 0.6 is 0 Å². The van der Waals surface area contributed by atoms with Gasteiger partial charge in [-0.3, -0.25) is 9.69 Å². The van der Waals surface area contributed by atoms with Gasteiger partial charge >= 0.3 is 6.18 Å². The van der Waals surface area contributed by atoms with E-state index in [2.05, 4.69) is 4.98 Å². The Balaban J connectivity index is 0.000000771. The van der Waals surface area contributed by atoms with Crippen LogP contribution in [0.3, 0.4) is 0 Å². The average Bonchev–Trinajstić information content (AvgIpc) is 2.77. The molecule has 1 aromatic rings. The van der Waals surface area contributed by atoms with Gasteiger partial charge in [0.2, 0.25) is 5.91 Å². The van der Waals surface area contributed by atoms with Crippen LogP contribution in [0.2, 0.25) is 0 Å². The summed E-state index contributed by atoms with van der Waals surface area (Å²) in [6.07, 6.45) is -3.44. The largest absolute Gasteiger partial charge is 0.433 e. The van der Waals surface area contributed by atoms with E-state index < -0.39 is 11.9 Å². The fourth-order valence-corrected chi connectivity index (χ4v) is 1.62. The number of carbonyl (C=O) groups is 1. The molecule has 0 atom stereocenters. The lowest BCUT2D eigenvalue weighted by molar-refractivity contribution is -0.141. The van der Waals surface area contributed by atoms with Crippen LogP contribution in [-0.2, 0) is 11.0 Å². The van der Waals surface area contributed by atoms with E-state index in [0.29, 0.717) is 19.4 Å². The summed E-state index contributed by atoms with van der Waals surface area (Å²) in [5.74, 6) is -0.0934. The molecular weight excluding hydrogens is 245 g/mol. The molecule has 0 spiro atoms. The molecule has 1 aliphatic rings. The third-order valence-electron chi connectivity index (χ3n) is 2.37. The minimum Gasteiger partial charge on any atom is -0.297 e. The van der Waals surface area contributed by atoms with E-state index in [9.17, 15) is 18.0 Å². The topological polar surface area (TPSA) is 33.2 Å². The molecule has 0 aliphatic carbocycles. The molecule has 1 fully saturated rings. The number of carbonyl (C=O) groups excluding carboxylic acids is 1. The molecule has 18 heavy (non-hydrogen) atoms. The van der Waals surface area contributed by atoms with Crippen LogP contribution in [0.1, 0.15) is 32.4 Å². The van der Waals surface area contributed by atoms with Gasteiger partial charge in [-0.15, -0.1) is 0 Å². The van der Waals surface area contributed by atoms with E-state index in [1.165, 1.54) is 17.0 Å². The quantitative estimate of drug-likeness (QED) is 0.776. The smallest absolute Gasteiger partial charge is 0.297 e. The van der Waals surface area contributed by atoms with E-state index in [1.807, 2.05) is 13.8 Å². The van der Waals surface area contributed by atoms with Gasteiger partial charge in [0.05, 0.1) is 0 Å². The van der Waals surface area contributed by atoms with Crippen LogP contribution in [-0.4, -0.2) is 17.4 Å². The van der Waals surface area contributed by atoms with E-state index >= 15 is 0 Å². The lowest BCUT2D eigenvalue weighted by Crippen LogP contribution is -2.25. The van der Waals surface area contributed by atoms with Gasteiger partial charge < -0.3 is 0 Å². The molecule has 100 valence electrons. The molecule has 0 saturated carbocycles. The molecule has 0 bridgehead atoms. The normalized spacial score (nSPS) is 15.4. The molecule has 6 heteroatoms. The maximum Gasteiger partial charge on any atom is 0.433 e. The lowest BCUT2D eigenvalue weighted by Gasteiger charge is -2.15. The van der Waals surface area contributed by atoms with Crippen molar-refractivity contribution in [3.8, 4) is 0 Å². The second-order valence-electron chi connectivity index (χ2n) is 3.53. The molecule has 1 saturated heterocycles. The van der Waals surface area contributed by atoms with Crippen LogP contribution in [0.4, 0.5) is 19.0 Å². The van der Waals surface area contributed by atoms with Crippen molar-refractivity contribution >= 4 is 11.7 Å². The number of anilines is 1. The Bertz CT molecular complexity index is 418. The van der Waals surface area contributed by atoms with Crippen LogP contribution in [0.15, 0.2) is 18.2 Å². The monoisotopic (exact) mass is 260 g/mol. The lowest BCUT2D eigenvalue weighted by atomic mass is 10.3. The predicted molar refractivity (Wildman–Crippen MR) is 62.2 cm³/mol. The first-order valence-corrected chi connectivity index (χ1v) is 5.83. The van der Waals surface area contributed by atoms with Gasteiger partial charge in [0.15, 0.2) is 0 Å². The third-order valence-corrected chi connectivity index (χ3v) is 2.37. The molecule has 0 radical (unpaired) electrons. The Kier molecular flexibility index (Phi) is 4.69. The van der Waals surface area contributed by atoms with Crippen molar-refractivity contribution in [3.05, 3.63) is 23.9 Å². The van der Waals surface area contributed by atoms with Crippen molar-refractivity contribution in [2.75, 3.05) is 11.4 Å². The van der Waals surface area contributed by atoms with E-state index in [-0.39, 0.29) is 11.7 Å². The standard InChI is InChI=1S/C10H9F3N2O.C2H6/c11-10(12,13)7-3-1-4-8(14-7)15-6-2-5-9(15)16;1-2/h1,3-4H,2,5-6H2;1-2H3. The Morgan fingerprint density at radius 2 is 1.94 bits per heavy atom. The van der Waals surface area contributed by atoms with Crippen LogP contribution in [0.25, 0.3) is 0 Å². The third kappa shape index (κ3) is 3.21. The van der Waals surface area contributed by atoms with Crippen molar-refractivity contribution in [2.45, 2.75) is 32.9 Å². The van der Waals surface area contributed by atoms with Crippen molar-refractivity contribution in [1.29, 1.82) is 0 Å². The summed E-state index contributed by atoms with van der Waals surface area (Å²) < 4.78 is 37.2. The van der Waals surface area contributed by atoms with Gasteiger partial charge in [-0.25, -0.2) is 4.98 Å². The van der Waals surface area contributed by atoms with Gasteiger partial charge in [0, 0.05) is 13.0 Å². The molecule has 0 unspecified atom stereocenters. The number of rotatable bonds is 1. The average molecular weight is 260 g/mol. The summed E-state index contributed by atoms with van der Waals surface area (Å²) in [7, 11) is 0. The first-order valence-electron chi connectivity index (χ1n) is 5.83. The zero-order valence-corrected chi connectivity index (χ0v) is 10.3. The number of halogens is 3. The number of alkyl halides is 3. The predicted octanol–water partition coefficient (Wildman–Crippen LogP) is 3.25. The van der Waals surface area contributed by atoms with Gasteiger partial charge in [0.25, 0.3) is 0 Å². The molecule has 2 rings (SSSR count). The molecular formula is C12H15F3N2O. The Morgan fingerprint density at radius 3 is 2.44 bits per heavy atom. The van der Waals surface area contributed by atoms with Gasteiger partial charge in [-0.1, -0.05) is 19.9 Å². The van der Waals surface area contributed by atoms with Crippen molar-refractivity contribution < 1.29 is 18.0 Å². The fourth-order valence-electron chi connectivity index (χ4n) is 1.62. The Morgan fingerprint density at radius 1 is 1.28 bits per heavy atom. The summed E-state index contributed by atoms with van der Waals surface area (Å²) in [5, 5.41) is 0. The number of pyridine rings is 1. The second kappa shape index (κ2) is 5.84. The number of aromatic nitrogens is 1. The SMILES string of the molecule is CC.O=C1CCCN1c1cccc(C(F)(F)F)n1. The van der Waals surface area contributed by atoms with Crippen LogP contribution < -0.4 is 4.90 Å². The highest BCUT2D eigenvalue weighted by atomic mass is 19.4. The summed E-state index contributed by atoms with van der Waals surface area (Å²) in [6, 6.07) is 3.57. The Hall–Kier alpha value is -1.59. The second-order valence-corrected chi connectivity index (χ2v) is 3.53. The van der Waals surface area contributed by atoms with Crippen LogP contribution in [0, 0.1) is 0 Å². The fraction of sp³-hybridized carbons (Fsp3) is 0.500. The highest BCUT2D eigenvalue weighted by Gasteiger charge is 2.33. The summed E-state index contributed by atoms with van der Waals surface area (Å²) in [6.45, 7) is 4.44. The molecule has 0 aromatic carbocycles. The molecule has 1 aliphatic heterocycles. The van der Waals surface area contributed by atoms with Gasteiger partial charge in [-0.05, 0) is 18.6 Å². The molecule has 0 N–H and O–H groups in total. The summed E-state index contributed by atoms with van der Waals surface area (Å²) >= 11 is 0. The van der Waals surface area contributed by atoms with Crippen molar-refractivity contribution in [2.24, 2.45) is 0 Å². The Labute approximate surface area is 104 Å².